The van der Waals surface area contributed by atoms with Crippen molar-refractivity contribution in [2.24, 2.45) is 0 Å². The van der Waals surface area contributed by atoms with Gasteiger partial charge in [0.15, 0.2) is 12.1 Å². The van der Waals surface area contributed by atoms with Crippen LogP contribution in [-0.2, 0) is 20.6 Å². The third kappa shape index (κ3) is 4.81. The largest absolute Gasteiger partial charge is 0.507 e. The van der Waals surface area contributed by atoms with Gasteiger partial charge < -0.3 is 44.5 Å². The van der Waals surface area contributed by atoms with E-state index in [1.165, 1.54) is 26.2 Å². The molecule has 0 saturated carbocycles. The summed E-state index contributed by atoms with van der Waals surface area (Å²) in [7, 11) is 1.36. The van der Waals surface area contributed by atoms with Crippen LogP contribution in [0.4, 0.5) is 0 Å². The number of methoxy groups -OCH3 is 1. The van der Waals surface area contributed by atoms with Gasteiger partial charge in [-0.25, -0.2) is 0 Å². The van der Waals surface area contributed by atoms with Crippen molar-refractivity contribution in [1.82, 2.24) is 4.90 Å². The molecule has 0 radical (unpaired) electrons. The molecule has 4 aliphatic rings. The zero-order valence-electron chi connectivity index (χ0n) is 24.3. The van der Waals surface area contributed by atoms with Gasteiger partial charge in [-0.15, -0.1) is 0 Å². The molecule has 2 aliphatic carbocycles. The highest BCUT2D eigenvalue weighted by molar-refractivity contribution is 6.31. The Morgan fingerprint density at radius 2 is 1.77 bits per heavy atom. The average Bonchev–Trinajstić information content (AvgIpc) is 2.99. The average molecular weight is 600 g/mol. The number of ether oxygens (including phenoxy) is 4. The van der Waals surface area contributed by atoms with E-state index in [9.17, 15) is 35.1 Å². The third-order valence-electron chi connectivity index (χ3n) is 9.39. The Morgan fingerprint density at radius 1 is 1.07 bits per heavy atom. The molecule has 1 unspecified atom stereocenters. The SMILES string of the molecule is COc1cccc2c1C(=O)c1c(O)c3c(c(O)c1C2=O)C[C@@](O)(C(C)O)C[C@@H]3O[C@H]1C[C@H](N2CCOCC2)[C@H](O)[C@H](C)O1. The number of rotatable bonds is 5. The highest BCUT2D eigenvalue weighted by Gasteiger charge is 2.49. The van der Waals surface area contributed by atoms with E-state index in [1.54, 1.807) is 13.0 Å². The molecule has 2 heterocycles. The van der Waals surface area contributed by atoms with Crippen LogP contribution in [0.2, 0.25) is 0 Å². The fourth-order valence-electron chi connectivity index (χ4n) is 6.95. The van der Waals surface area contributed by atoms with E-state index in [-0.39, 0.29) is 64.4 Å². The van der Waals surface area contributed by atoms with Gasteiger partial charge in [0.25, 0.3) is 0 Å². The van der Waals surface area contributed by atoms with E-state index < -0.39 is 59.4 Å². The third-order valence-corrected chi connectivity index (χ3v) is 9.39. The van der Waals surface area contributed by atoms with Gasteiger partial charge >= 0.3 is 0 Å². The maximum atomic E-state index is 13.8. The summed E-state index contributed by atoms with van der Waals surface area (Å²) in [5, 5.41) is 56.2. The van der Waals surface area contributed by atoms with Crippen molar-refractivity contribution < 1.29 is 54.1 Å². The zero-order chi connectivity index (χ0) is 30.8. The molecule has 2 saturated heterocycles. The van der Waals surface area contributed by atoms with Crippen LogP contribution in [0, 0.1) is 0 Å². The normalized spacial score (nSPS) is 31.6. The van der Waals surface area contributed by atoms with Crippen molar-refractivity contribution in [3.63, 3.8) is 0 Å². The first-order chi connectivity index (χ1) is 20.5. The number of aromatic hydroxyl groups is 2. The lowest BCUT2D eigenvalue weighted by molar-refractivity contribution is -0.263. The van der Waals surface area contributed by atoms with E-state index in [1.807, 2.05) is 0 Å². The molecule has 232 valence electrons. The molecule has 43 heavy (non-hydrogen) atoms. The second-order valence-corrected chi connectivity index (χ2v) is 11.9. The van der Waals surface area contributed by atoms with E-state index in [0.29, 0.717) is 26.3 Å². The van der Waals surface area contributed by atoms with Crippen LogP contribution in [0.5, 0.6) is 17.2 Å². The summed E-state index contributed by atoms with van der Waals surface area (Å²) in [5.41, 5.74) is -2.55. The monoisotopic (exact) mass is 599 g/mol. The fraction of sp³-hybridized carbons (Fsp3) is 0.548. The Hall–Kier alpha value is -3.10. The van der Waals surface area contributed by atoms with Gasteiger partial charge in [0, 0.05) is 55.1 Å². The van der Waals surface area contributed by atoms with Crippen LogP contribution in [0.15, 0.2) is 18.2 Å². The first-order valence-corrected chi connectivity index (χ1v) is 14.5. The van der Waals surface area contributed by atoms with Gasteiger partial charge in [-0.1, -0.05) is 12.1 Å². The minimum absolute atomic E-state index is 0.00276. The predicted molar refractivity (Wildman–Crippen MR) is 150 cm³/mol. The lowest BCUT2D eigenvalue weighted by Crippen LogP contribution is -2.58. The van der Waals surface area contributed by atoms with Crippen molar-refractivity contribution in [1.29, 1.82) is 0 Å². The maximum Gasteiger partial charge on any atom is 0.202 e. The van der Waals surface area contributed by atoms with Crippen LogP contribution >= 0.6 is 0 Å². The number of carbonyl (C=O) groups excluding carboxylic acids is 2. The van der Waals surface area contributed by atoms with Crippen LogP contribution < -0.4 is 4.74 Å². The Labute approximate surface area is 248 Å². The van der Waals surface area contributed by atoms with Gasteiger partial charge in [0.05, 0.1) is 67.0 Å². The van der Waals surface area contributed by atoms with Gasteiger partial charge in [-0.3, -0.25) is 14.5 Å². The molecule has 2 aromatic rings. The summed E-state index contributed by atoms with van der Waals surface area (Å²) in [4.78, 5) is 29.6. The minimum atomic E-state index is -1.80. The number of phenols is 2. The van der Waals surface area contributed by atoms with Crippen LogP contribution in [-0.4, -0.2) is 112 Å². The number of morpholine rings is 1. The molecule has 12 heteroatoms. The summed E-state index contributed by atoms with van der Waals surface area (Å²) in [6.07, 6.45) is -5.01. The van der Waals surface area contributed by atoms with Crippen molar-refractivity contribution in [3.05, 3.63) is 51.6 Å². The molecule has 0 spiro atoms. The standard InChI is InChI=1S/C31H37NO11/c1-14-26(34)18(32-7-9-41-10-8-32)11-21(42-14)43-20-13-31(39,15(2)33)12-17-23(20)30(38)25-24(28(17)36)27(35)16-5-4-6-19(40-3)22(16)29(25)37/h4-6,14-15,18,20-21,26,33-34,36,38-39H,7-13H2,1-3H3/t14-,15?,18-,20-,21-,26+,31-/m0/s1. The molecular formula is C31H37NO11. The minimum Gasteiger partial charge on any atom is -0.507 e. The number of aliphatic hydroxyl groups is 3. The Morgan fingerprint density at radius 3 is 2.44 bits per heavy atom. The topological polar surface area (TPSA) is 175 Å². The highest BCUT2D eigenvalue weighted by atomic mass is 16.7. The van der Waals surface area contributed by atoms with E-state index in [2.05, 4.69) is 4.90 Å². The summed E-state index contributed by atoms with van der Waals surface area (Å²) >= 11 is 0. The Balaban J connectivity index is 1.44. The van der Waals surface area contributed by atoms with Crippen molar-refractivity contribution in [2.45, 2.75) is 75.5 Å². The first-order valence-electron chi connectivity index (χ1n) is 14.5. The number of fused-ring (bicyclic) bond motifs is 3. The molecule has 12 nitrogen and oxygen atoms in total. The Bertz CT molecular complexity index is 1450. The van der Waals surface area contributed by atoms with Crippen LogP contribution in [0.3, 0.4) is 0 Å². The van der Waals surface area contributed by atoms with Gasteiger partial charge in [-0.05, 0) is 19.9 Å². The second-order valence-electron chi connectivity index (χ2n) is 11.9. The molecule has 2 aliphatic heterocycles. The summed E-state index contributed by atoms with van der Waals surface area (Å²) in [6, 6.07) is 4.20. The number of ketones is 2. The van der Waals surface area contributed by atoms with Gasteiger partial charge in [0.1, 0.15) is 17.2 Å². The van der Waals surface area contributed by atoms with Crippen LogP contribution in [0.25, 0.3) is 0 Å². The lowest BCUT2D eigenvalue weighted by Gasteiger charge is -2.46. The fourth-order valence-corrected chi connectivity index (χ4v) is 6.95. The maximum absolute atomic E-state index is 13.8. The molecule has 2 aromatic carbocycles. The molecule has 0 bridgehead atoms. The number of carbonyl (C=O) groups is 2. The highest BCUT2D eigenvalue weighted by Crippen LogP contribution is 2.53. The number of nitrogens with zero attached hydrogens (tertiary/aromatic N) is 1. The summed E-state index contributed by atoms with van der Waals surface area (Å²) in [5.74, 6) is -2.36. The Kier molecular flexibility index (Phi) is 7.74. The molecule has 2 fully saturated rings. The predicted octanol–water partition coefficient (Wildman–Crippen LogP) is 1.19. The zero-order valence-corrected chi connectivity index (χ0v) is 24.3. The number of aliphatic hydroxyl groups excluding tert-OH is 2. The number of hydrogen-bond donors (Lipinski definition) is 5. The van der Waals surface area contributed by atoms with Gasteiger partial charge in [-0.2, -0.15) is 0 Å². The molecule has 5 N–H and O–H groups in total. The van der Waals surface area contributed by atoms with E-state index >= 15 is 0 Å². The molecule has 7 atom stereocenters. The molecule has 6 rings (SSSR count). The molecule has 0 amide bonds. The lowest BCUT2D eigenvalue weighted by atomic mass is 9.71. The number of benzene rings is 2. The molecule has 0 aromatic heterocycles. The van der Waals surface area contributed by atoms with Crippen molar-refractivity contribution in [2.75, 3.05) is 33.4 Å². The van der Waals surface area contributed by atoms with Crippen molar-refractivity contribution >= 4 is 11.6 Å². The summed E-state index contributed by atoms with van der Waals surface area (Å²) in [6.45, 7) is 5.43. The van der Waals surface area contributed by atoms with Gasteiger partial charge in [0.2, 0.25) is 5.78 Å². The van der Waals surface area contributed by atoms with Crippen LogP contribution in [0.1, 0.15) is 75.8 Å². The molecular weight excluding hydrogens is 562 g/mol. The number of hydrogen-bond acceptors (Lipinski definition) is 12. The first kappa shape index (κ1) is 29.9. The number of phenolic OH excluding ortho intramolecular Hbond substituents is 2. The summed E-state index contributed by atoms with van der Waals surface area (Å²) < 4.78 is 23.2. The van der Waals surface area contributed by atoms with Crippen molar-refractivity contribution in [3.8, 4) is 17.2 Å². The smallest absolute Gasteiger partial charge is 0.202 e. The van der Waals surface area contributed by atoms with E-state index in [0.717, 1.165) is 0 Å². The quantitative estimate of drug-likeness (QED) is 0.265. The van der Waals surface area contributed by atoms with E-state index in [4.69, 9.17) is 18.9 Å². The second kappa shape index (κ2) is 11.1.